The molecule has 0 unspecified atom stereocenters. The van der Waals surface area contributed by atoms with Gasteiger partial charge in [-0.25, -0.2) is 4.79 Å². The molecule has 0 bridgehead atoms. The number of halogens is 1. The zero-order valence-corrected chi connectivity index (χ0v) is 8.47. The van der Waals surface area contributed by atoms with Crippen LogP contribution < -0.4 is 11.3 Å². The molecule has 1 aromatic rings. The van der Waals surface area contributed by atoms with Gasteiger partial charge < -0.3 is 4.74 Å². The van der Waals surface area contributed by atoms with Gasteiger partial charge in [-0.1, -0.05) is 17.7 Å². The number of benzene rings is 1. The lowest BCUT2D eigenvalue weighted by atomic mass is 10.1. The Hall–Kier alpha value is -1.10. The number of hydrogen-bond acceptors (Lipinski definition) is 4. The van der Waals surface area contributed by atoms with Crippen molar-refractivity contribution in [2.75, 3.05) is 7.11 Å². The van der Waals surface area contributed by atoms with Crippen LogP contribution in [0.25, 0.3) is 0 Å². The van der Waals surface area contributed by atoms with E-state index in [1.807, 2.05) is 0 Å². The third-order valence-electron chi connectivity index (χ3n) is 1.74. The number of hydrazine groups is 1. The molecule has 1 rings (SSSR count). The van der Waals surface area contributed by atoms with Gasteiger partial charge in [0.2, 0.25) is 0 Å². The molecule has 0 aliphatic carbocycles. The molecule has 0 heterocycles. The molecule has 5 heteroatoms. The molecular weight excluding hydrogens is 204 g/mol. The van der Waals surface area contributed by atoms with Gasteiger partial charge in [0, 0.05) is 6.54 Å². The summed E-state index contributed by atoms with van der Waals surface area (Å²) in [5, 5.41) is 0.365. The Morgan fingerprint density at radius 1 is 1.64 bits per heavy atom. The number of nitrogens with one attached hydrogen (secondary N) is 1. The minimum atomic E-state index is -0.442. The summed E-state index contributed by atoms with van der Waals surface area (Å²) in [5.41, 5.74) is 3.76. The van der Waals surface area contributed by atoms with E-state index in [1.54, 1.807) is 18.2 Å². The van der Waals surface area contributed by atoms with Crippen molar-refractivity contribution in [2.24, 2.45) is 5.84 Å². The lowest BCUT2D eigenvalue weighted by molar-refractivity contribution is 0.0601. The highest BCUT2D eigenvalue weighted by Crippen LogP contribution is 2.18. The van der Waals surface area contributed by atoms with Gasteiger partial charge in [-0.2, -0.15) is 0 Å². The van der Waals surface area contributed by atoms with Crippen LogP contribution in [-0.2, 0) is 11.3 Å². The van der Waals surface area contributed by atoms with Crippen LogP contribution in [0.1, 0.15) is 15.9 Å². The number of methoxy groups -OCH3 is 1. The predicted molar refractivity (Wildman–Crippen MR) is 53.8 cm³/mol. The van der Waals surface area contributed by atoms with Gasteiger partial charge in [0.25, 0.3) is 0 Å². The second kappa shape index (κ2) is 4.95. The van der Waals surface area contributed by atoms with Crippen molar-refractivity contribution in [3.05, 3.63) is 34.3 Å². The van der Waals surface area contributed by atoms with Gasteiger partial charge in [0.1, 0.15) is 0 Å². The van der Waals surface area contributed by atoms with Crippen LogP contribution >= 0.6 is 11.6 Å². The van der Waals surface area contributed by atoms with Crippen LogP contribution in [0.4, 0.5) is 0 Å². The maximum atomic E-state index is 11.2. The van der Waals surface area contributed by atoms with E-state index in [-0.39, 0.29) is 0 Å². The van der Waals surface area contributed by atoms with Crippen molar-refractivity contribution < 1.29 is 9.53 Å². The molecule has 0 saturated carbocycles. The number of ether oxygens (including phenoxy) is 1. The quantitative estimate of drug-likeness (QED) is 0.449. The first-order valence-electron chi connectivity index (χ1n) is 3.99. The second-order valence-electron chi connectivity index (χ2n) is 2.69. The molecule has 0 aliphatic heterocycles. The van der Waals surface area contributed by atoms with Gasteiger partial charge in [-0.15, -0.1) is 0 Å². The van der Waals surface area contributed by atoms with Gasteiger partial charge in [0.05, 0.1) is 17.7 Å². The van der Waals surface area contributed by atoms with E-state index >= 15 is 0 Å². The molecule has 0 spiro atoms. The van der Waals surface area contributed by atoms with E-state index in [4.69, 9.17) is 17.4 Å². The van der Waals surface area contributed by atoms with Crippen LogP contribution in [0, 0.1) is 0 Å². The normalized spacial score (nSPS) is 9.93. The molecule has 0 fully saturated rings. The van der Waals surface area contributed by atoms with Crippen molar-refractivity contribution in [3.63, 3.8) is 0 Å². The van der Waals surface area contributed by atoms with Crippen molar-refractivity contribution in [3.8, 4) is 0 Å². The fourth-order valence-corrected chi connectivity index (χ4v) is 1.34. The largest absolute Gasteiger partial charge is 0.465 e. The Balaban J connectivity index is 2.95. The first kappa shape index (κ1) is 11.0. The molecule has 14 heavy (non-hydrogen) atoms. The molecule has 0 amide bonds. The van der Waals surface area contributed by atoms with E-state index in [0.717, 1.165) is 5.56 Å². The molecule has 4 nitrogen and oxygen atoms in total. The van der Waals surface area contributed by atoms with E-state index in [1.165, 1.54) is 7.11 Å². The van der Waals surface area contributed by atoms with Gasteiger partial charge in [-0.05, 0) is 17.7 Å². The first-order chi connectivity index (χ1) is 6.69. The summed E-state index contributed by atoms with van der Waals surface area (Å²) in [6.45, 7) is 0.501. The molecule has 0 aromatic heterocycles. The Morgan fingerprint density at radius 2 is 2.36 bits per heavy atom. The molecule has 1 aromatic carbocycles. The fourth-order valence-electron chi connectivity index (χ4n) is 1.06. The van der Waals surface area contributed by atoms with Crippen LogP contribution in [0.5, 0.6) is 0 Å². The SMILES string of the molecule is COC(=O)c1ccc(CNN)cc1Cl. The Morgan fingerprint density at radius 3 is 2.86 bits per heavy atom. The molecule has 3 N–H and O–H groups in total. The summed E-state index contributed by atoms with van der Waals surface area (Å²) in [7, 11) is 1.31. The molecule has 0 aliphatic rings. The standard InChI is InChI=1S/C9H11ClN2O2/c1-14-9(13)7-3-2-6(5-12-11)4-8(7)10/h2-4,12H,5,11H2,1H3. The zero-order valence-electron chi connectivity index (χ0n) is 7.71. The highest BCUT2D eigenvalue weighted by atomic mass is 35.5. The highest BCUT2D eigenvalue weighted by Gasteiger charge is 2.10. The molecular formula is C9H11ClN2O2. The maximum Gasteiger partial charge on any atom is 0.339 e. The van der Waals surface area contributed by atoms with Crippen LogP contribution in [-0.4, -0.2) is 13.1 Å². The minimum Gasteiger partial charge on any atom is -0.465 e. The average Bonchev–Trinajstić information content (AvgIpc) is 2.17. The number of esters is 1. The average molecular weight is 215 g/mol. The van der Waals surface area contributed by atoms with Crippen LogP contribution in [0.2, 0.25) is 5.02 Å². The summed E-state index contributed by atoms with van der Waals surface area (Å²) < 4.78 is 4.55. The summed E-state index contributed by atoms with van der Waals surface area (Å²) in [4.78, 5) is 11.2. The lowest BCUT2D eigenvalue weighted by Gasteiger charge is -2.04. The van der Waals surface area contributed by atoms with Crippen molar-refractivity contribution in [1.29, 1.82) is 0 Å². The topological polar surface area (TPSA) is 64.3 Å². The monoisotopic (exact) mass is 214 g/mol. The molecule has 0 radical (unpaired) electrons. The number of carbonyl (C=O) groups excluding carboxylic acids is 1. The Kier molecular flexibility index (Phi) is 3.88. The molecule has 76 valence electrons. The summed E-state index contributed by atoms with van der Waals surface area (Å²) in [6, 6.07) is 5.05. The molecule has 0 atom stereocenters. The Labute approximate surface area is 87.0 Å². The third kappa shape index (κ3) is 2.45. The summed E-state index contributed by atoms with van der Waals surface area (Å²) >= 11 is 5.87. The minimum absolute atomic E-state index is 0.356. The highest BCUT2D eigenvalue weighted by molar-refractivity contribution is 6.33. The smallest absolute Gasteiger partial charge is 0.339 e. The van der Waals surface area contributed by atoms with Crippen molar-refractivity contribution in [2.45, 2.75) is 6.54 Å². The van der Waals surface area contributed by atoms with Crippen LogP contribution in [0.3, 0.4) is 0 Å². The van der Waals surface area contributed by atoms with Crippen LogP contribution in [0.15, 0.2) is 18.2 Å². The maximum absolute atomic E-state index is 11.2. The summed E-state index contributed by atoms with van der Waals surface area (Å²) in [6.07, 6.45) is 0. The van der Waals surface area contributed by atoms with E-state index in [0.29, 0.717) is 17.1 Å². The number of hydrogen-bond donors (Lipinski definition) is 2. The Bertz CT molecular complexity index is 342. The second-order valence-corrected chi connectivity index (χ2v) is 3.09. The number of nitrogens with two attached hydrogens (primary N) is 1. The zero-order chi connectivity index (χ0) is 10.6. The number of rotatable bonds is 3. The van der Waals surface area contributed by atoms with E-state index < -0.39 is 5.97 Å². The van der Waals surface area contributed by atoms with E-state index in [2.05, 4.69) is 10.2 Å². The van der Waals surface area contributed by atoms with E-state index in [9.17, 15) is 4.79 Å². The third-order valence-corrected chi connectivity index (χ3v) is 2.06. The van der Waals surface area contributed by atoms with Gasteiger partial charge in [-0.3, -0.25) is 11.3 Å². The van der Waals surface area contributed by atoms with Crippen molar-refractivity contribution in [1.82, 2.24) is 5.43 Å². The van der Waals surface area contributed by atoms with Crippen molar-refractivity contribution >= 4 is 17.6 Å². The van der Waals surface area contributed by atoms with Gasteiger partial charge in [0.15, 0.2) is 0 Å². The number of carbonyl (C=O) groups is 1. The van der Waals surface area contributed by atoms with Gasteiger partial charge >= 0.3 is 5.97 Å². The molecule has 0 saturated heterocycles. The summed E-state index contributed by atoms with van der Waals surface area (Å²) in [5.74, 6) is 4.71. The predicted octanol–water partition coefficient (Wildman–Crippen LogP) is 1.09. The first-order valence-corrected chi connectivity index (χ1v) is 4.37. The lowest BCUT2D eigenvalue weighted by Crippen LogP contribution is -2.20. The fraction of sp³-hybridized carbons (Fsp3) is 0.222.